The number of nitrogens with zero attached hydrogens (tertiary/aromatic N) is 3. The molecule has 0 aliphatic carbocycles. The Morgan fingerprint density at radius 2 is 2.06 bits per heavy atom. The molecule has 0 atom stereocenters. The average Bonchev–Trinajstić information content (AvgIpc) is 2.84. The molecule has 0 saturated heterocycles. The van der Waals surface area contributed by atoms with Crippen molar-refractivity contribution >= 4 is 17.8 Å². The number of hydrogen-bond donors (Lipinski definition) is 0. The van der Waals surface area contributed by atoms with Gasteiger partial charge in [-0.3, -0.25) is 0 Å². The maximum Gasteiger partial charge on any atom is 0.191 e. The molecule has 3 nitrogen and oxygen atoms in total. The van der Waals surface area contributed by atoms with Crippen molar-refractivity contribution in [1.29, 1.82) is 0 Å². The minimum absolute atomic E-state index is 0.403. The van der Waals surface area contributed by atoms with E-state index in [2.05, 4.69) is 52.9 Å². The van der Waals surface area contributed by atoms with Gasteiger partial charge in [-0.2, -0.15) is 0 Å². The monoisotopic (exact) mass is 259 g/mol. The lowest BCUT2D eigenvalue weighted by atomic mass is 10.2. The van der Waals surface area contributed by atoms with Crippen LogP contribution in [0.4, 0.5) is 0 Å². The van der Waals surface area contributed by atoms with Gasteiger partial charge in [0.15, 0.2) is 5.16 Å². The minimum atomic E-state index is 0.403. The van der Waals surface area contributed by atoms with E-state index in [0.29, 0.717) is 6.04 Å². The van der Waals surface area contributed by atoms with Gasteiger partial charge in [0.1, 0.15) is 6.33 Å². The number of hydrogen-bond acceptors (Lipinski definition) is 3. The lowest BCUT2D eigenvalue weighted by molar-refractivity contribution is 0.549. The van der Waals surface area contributed by atoms with Gasteiger partial charge in [0.2, 0.25) is 0 Å². The van der Waals surface area contributed by atoms with Crippen LogP contribution in [0.2, 0.25) is 0 Å². The predicted octanol–water partition coefficient (Wildman–Crippen LogP) is 3.66. The second-order valence-electron chi connectivity index (χ2n) is 4.24. The van der Waals surface area contributed by atoms with Gasteiger partial charge < -0.3 is 4.57 Å². The highest BCUT2D eigenvalue weighted by Gasteiger charge is 2.06. The Balaban J connectivity index is 1.89. The summed E-state index contributed by atoms with van der Waals surface area (Å²) in [5.41, 5.74) is 1.23. The summed E-state index contributed by atoms with van der Waals surface area (Å²) >= 11 is 1.70. The van der Waals surface area contributed by atoms with E-state index in [9.17, 15) is 0 Å². The summed E-state index contributed by atoms with van der Waals surface area (Å²) in [5.74, 6) is 0.903. The molecule has 2 aromatic rings. The average molecular weight is 259 g/mol. The largest absolute Gasteiger partial charge is 0.306 e. The quantitative estimate of drug-likeness (QED) is 0.768. The van der Waals surface area contributed by atoms with Crippen LogP contribution in [0.1, 0.15) is 25.5 Å². The smallest absolute Gasteiger partial charge is 0.191 e. The van der Waals surface area contributed by atoms with Gasteiger partial charge >= 0.3 is 0 Å². The molecule has 18 heavy (non-hydrogen) atoms. The van der Waals surface area contributed by atoms with Crippen LogP contribution in [0.5, 0.6) is 0 Å². The maximum absolute atomic E-state index is 4.12. The third-order valence-corrected chi connectivity index (χ3v) is 3.42. The Labute approximate surface area is 112 Å². The molecule has 94 valence electrons. The summed E-state index contributed by atoms with van der Waals surface area (Å²) in [6.07, 6.45) is 6.07. The third kappa shape index (κ3) is 3.47. The van der Waals surface area contributed by atoms with E-state index in [1.54, 1.807) is 18.1 Å². The van der Waals surface area contributed by atoms with Crippen LogP contribution in [0.3, 0.4) is 0 Å². The van der Waals surface area contributed by atoms with E-state index in [4.69, 9.17) is 0 Å². The highest BCUT2D eigenvalue weighted by molar-refractivity contribution is 7.99. The number of benzene rings is 1. The molecule has 2 rings (SSSR count). The standard InChI is InChI=1S/C14H17N3S/c1-12(2)17-11-15-16-14(17)18-10-6-9-13-7-4-3-5-8-13/h3-9,11-12H,10H2,1-2H3/b9-6+. The van der Waals surface area contributed by atoms with Gasteiger partial charge in [0.05, 0.1) is 0 Å². The lowest BCUT2D eigenvalue weighted by Gasteiger charge is -2.08. The zero-order valence-electron chi connectivity index (χ0n) is 10.7. The molecule has 0 spiro atoms. The second-order valence-corrected chi connectivity index (χ2v) is 5.23. The summed E-state index contributed by atoms with van der Waals surface area (Å²) in [4.78, 5) is 0. The van der Waals surface area contributed by atoms with Crippen LogP contribution in [0.25, 0.3) is 6.08 Å². The highest BCUT2D eigenvalue weighted by Crippen LogP contribution is 2.18. The molecule has 0 fully saturated rings. The summed E-state index contributed by atoms with van der Waals surface area (Å²) in [6.45, 7) is 4.26. The Bertz CT molecular complexity index is 503. The van der Waals surface area contributed by atoms with E-state index >= 15 is 0 Å². The van der Waals surface area contributed by atoms with E-state index in [-0.39, 0.29) is 0 Å². The molecule has 0 aliphatic rings. The first kappa shape index (κ1) is 12.9. The van der Waals surface area contributed by atoms with Crippen molar-refractivity contribution in [3.05, 3.63) is 48.3 Å². The first-order valence-electron chi connectivity index (χ1n) is 6.01. The topological polar surface area (TPSA) is 30.7 Å². The minimum Gasteiger partial charge on any atom is -0.306 e. The summed E-state index contributed by atoms with van der Waals surface area (Å²) in [5, 5.41) is 9.05. The number of aromatic nitrogens is 3. The maximum atomic E-state index is 4.12. The van der Waals surface area contributed by atoms with Gasteiger partial charge in [-0.25, -0.2) is 0 Å². The lowest BCUT2D eigenvalue weighted by Crippen LogP contribution is -2.00. The third-order valence-electron chi connectivity index (χ3n) is 2.52. The van der Waals surface area contributed by atoms with Gasteiger partial charge in [0, 0.05) is 11.8 Å². The molecule has 0 saturated carbocycles. The fourth-order valence-electron chi connectivity index (χ4n) is 1.56. The fraction of sp³-hybridized carbons (Fsp3) is 0.286. The van der Waals surface area contributed by atoms with Gasteiger partial charge in [0.25, 0.3) is 0 Å². The van der Waals surface area contributed by atoms with Crippen LogP contribution < -0.4 is 0 Å². The van der Waals surface area contributed by atoms with Crippen molar-refractivity contribution in [2.75, 3.05) is 5.75 Å². The summed E-state index contributed by atoms with van der Waals surface area (Å²) < 4.78 is 2.08. The normalized spacial score (nSPS) is 11.5. The molecular weight excluding hydrogens is 242 g/mol. The highest BCUT2D eigenvalue weighted by atomic mass is 32.2. The van der Waals surface area contributed by atoms with Crippen molar-refractivity contribution in [3.8, 4) is 0 Å². The SMILES string of the molecule is CC(C)n1cnnc1SC/C=C/c1ccccc1. The molecule has 0 aliphatic heterocycles. The van der Waals surface area contributed by atoms with Crippen molar-refractivity contribution < 1.29 is 0 Å². The molecule has 0 radical (unpaired) electrons. The molecule has 0 bridgehead atoms. The Hall–Kier alpha value is -1.55. The zero-order valence-corrected chi connectivity index (χ0v) is 11.5. The Kier molecular flexibility index (Phi) is 4.59. The number of rotatable bonds is 5. The second kappa shape index (κ2) is 6.40. The van der Waals surface area contributed by atoms with E-state index in [0.717, 1.165) is 10.9 Å². The molecule has 0 unspecified atom stereocenters. The molecule has 4 heteroatoms. The van der Waals surface area contributed by atoms with Crippen LogP contribution in [-0.4, -0.2) is 20.5 Å². The van der Waals surface area contributed by atoms with Crippen molar-refractivity contribution in [3.63, 3.8) is 0 Å². The number of thioether (sulfide) groups is 1. The van der Waals surface area contributed by atoms with E-state index in [1.165, 1.54) is 5.56 Å². The van der Waals surface area contributed by atoms with Crippen molar-refractivity contribution in [1.82, 2.24) is 14.8 Å². The molecule has 1 heterocycles. The van der Waals surface area contributed by atoms with Crippen molar-refractivity contribution in [2.45, 2.75) is 25.0 Å². The van der Waals surface area contributed by atoms with Crippen LogP contribution in [0.15, 0.2) is 47.9 Å². The summed E-state index contributed by atoms with van der Waals surface area (Å²) in [7, 11) is 0. The molecule has 1 aromatic heterocycles. The molecular formula is C14H17N3S. The van der Waals surface area contributed by atoms with Crippen LogP contribution in [-0.2, 0) is 0 Å². The predicted molar refractivity (Wildman–Crippen MR) is 76.6 cm³/mol. The first-order chi connectivity index (χ1) is 8.77. The van der Waals surface area contributed by atoms with Gasteiger partial charge in [-0.1, -0.05) is 54.2 Å². The van der Waals surface area contributed by atoms with Crippen molar-refractivity contribution in [2.24, 2.45) is 0 Å². The summed E-state index contributed by atoms with van der Waals surface area (Å²) in [6, 6.07) is 10.7. The molecule has 0 amide bonds. The molecule has 1 aromatic carbocycles. The van der Waals surface area contributed by atoms with Gasteiger partial charge in [-0.15, -0.1) is 10.2 Å². The van der Waals surface area contributed by atoms with E-state index < -0.39 is 0 Å². The molecule has 0 N–H and O–H groups in total. The first-order valence-corrected chi connectivity index (χ1v) is 7.00. The fourth-order valence-corrected chi connectivity index (χ4v) is 2.41. The Morgan fingerprint density at radius 1 is 1.28 bits per heavy atom. The van der Waals surface area contributed by atoms with Crippen LogP contribution in [0, 0.1) is 0 Å². The Morgan fingerprint density at radius 3 is 2.78 bits per heavy atom. The van der Waals surface area contributed by atoms with Gasteiger partial charge in [-0.05, 0) is 19.4 Å². The van der Waals surface area contributed by atoms with E-state index in [1.807, 2.05) is 18.2 Å². The van der Waals surface area contributed by atoms with Crippen LogP contribution >= 0.6 is 11.8 Å². The zero-order chi connectivity index (χ0) is 12.8.